The molecular weight excluding hydrogens is 376 g/mol. The average molecular weight is 396 g/mol. The molecule has 0 aliphatic heterocycles. The van der Waals surface area contributed by atoms with Crippen molar-refractivity contribution in [1.29, 1.82) is 0 Å². The predicted octanol–water partition coefficient (Wildman–Crippen LogP) is 2.95. The molecule has 29 heavy (non-hydrogen) atoms. The van der Waals surface area contributed by atoms with Gasteiger partial charge in [-0.1, -0.05) is 6.07 Å². The highest BCUT2D eigenvalue weighted by Gasteiger charge is 2.22. The Kier molecular flexibility index (Phi) is 5.58. The summed E-state index contributed by atoms with van der Waals surface area (Å²) in [6, 6.07) is 9.80. The van der Waals surface area contributed by atoms with E-state index in [1.807, 2.05) is 17.9 Å². The van der Waals surface area contributed by atoms with Crippen molar-refractivity contribution in [2.24, 2.45) is 0 Å². The van der Waals surface area contributed by atoms with Crippen LogP contribution in [0.15, 0.2) is 41.2 Å². The van der Waals surface area contributed by atoms with Gasteiger partial charge >= 0.3 is 5.97 Å². The first-order chi connectivity index (χ1) is 13.8. The van der Waals surface area contributed by atoms with Gasteiger partial charge in [-0.05, 0) is 43.7 Å². The van der Waals surface area contributed by atoms with Crippen LogP contribution in [0.5, 0.6) is 0 Å². The monoisotopic (exact) mass is 396 g/mol. The van der Waals surface area contributed by atoms with Crippen LogP contribution >= 0.6 is 0 Å². The molecular formula is C20H20N4O5. The summed E-state index contributed by atoms with van der Waals surface area (Å²) in [6.45, 7) is 4.63. The number of ether oxygens (including phenoxy) is 1. The molecule has 0 aliphatic carbocycles. The standard InChI is InChI=1S/C20H20N4O5/c1-4-23(14-6-7-15(20(26)29-3)18(10-14)24(27)28)11-13-5-8-17-16(9-13)19(25)22-12(2)21-17/h5-10H,4,11H2,1-3H3,(H,21,22,25). The predicted molar refractivity (Wildman–Crippen MR) is 108 cm³/mol. The van der Waals surface area contributed by atoms with E-state index >= 15 is 0 Å². The Balaban J connectivity index is 1.97. The summed E-state index contributed by atoms with van der Waals surface area (Å²) < 4.78 is 4.61. The summed E-state index contributed by atoms with van der Waals surface area (Å²) in [5, 5.41) is 11.9. The number of rotatable bonds is 6. The lowest BCUT2D eigenvalue weighted by molar-refractivity contribution is -0.385. The minimum absolute atomic E-state index is 0.101. The van der Waals surface area contributed by atoms with E-state index in [1.165, 1.54) is 19.2 Å². The van der Waals surface area contributed by atoms with E-state index in [4.69, 9.17) is 0 Å². The van der Waals surface area contributed by atoms with E-state index in [0.717, 1.165) is 5.56 Å². The van der Waals surface area contributed by atoms with Crippen LogP contribution in [0.25, 0.3) is 10.9 Å². The number of aromatic nitrogens is 2. The second-order valence-electron chi connectivity index (χ2n) is 6.47. The van der Waals surface area contributed by atoms with E-state index < -0.39 is 10.9 Å². The summed E-state index contributed by atoms with van der Waals surface area (Å²) in [5.41, 5.74) is 1.42. The number of aromatic amines is 1. The molecule has 0 saturated carbocycles. The SMILES string of the molecule is CCN(Cc1ccc2nc(C)[nH]c(=O)c2c1)c1ccc(C(=O)OC)c([N+](=O)[O-])c1. The number of nitro groups is 1. The molecule has 9 heteroatoms. The van der Waals surface area contributed by atoms with Crippen molar-refractivity contribution in [3.63, 3.8) is 0 Å². The van der Waals surface area contributed by atoms with Gasteiger partial charge < -0.3 is 14.6 Å². The van der Waals surface area contributed by atoms with Gasteiger partial charge in [-0.25, -0.2) is 9.78 Å². The first-order valence-electron chi connectivity index (χ1n) is 8.95. The maximum atomic E-state index is 12.2. The number of esters is 1. The van der Waals surface area contributed by atoms with Crippen molar-refractivity contribution in [2.45, 2.75) is 20.4 Å². The summed E-state index contributed by atoms with van der Waals surface area (Å²) in [4.78, 5) is 43.7. The van der Waals surface area contributed by atoms with Gasteiger partial charge in [0.2, 0.25) is 0 Å². The van der Waals surface area contributed by atoms with Gasteiger partial charge in [0.05, 0.1) is 22.9 Å². The Labute approximate surface area is 166 Å². The van der Waals surface area contributed by atoms with Crippen molar-refractivity contribution in [1.82, 2.24) is 9.97 Å². The normalized spacial score (nSPS) is 10.7. The molecule has 2 aromatic carbocycles. The minimum Gasteiger partial charge on any atom is -0.465 e. The van der Waals surface area contributed by atoms with Crippen molar-refractivity contribution >= 4 is 28.2 Å². The van der Waals surface area contributed by atoms with Crippen molar-refractivity contribution in [3.05, 3.63) is 73.8 Å². The van der Waals surface area contributed by atoms with Gasteiger partial charge in [0.1, 0.15) is 11.4 Å². The highest BCUT2D eigenvalue weighted by molar-refractivity contribution is 5.94. The van der Waals surface area contributed by atoms with E-state index in [9.17, 15) is 19.7 Å². The molecule has 0 spiro atoms. The summed E-state index contributed by atoms with van der Waals surface area (Å²) in [5.74, 6) is -0.216. The molecule has 9 nitrogen and oxygen atoms in total. The fourth-order valence-electron chi connectivity index (χ4n) is 3.16. The molecule has 3 aromatic rings. The minimum atomic E-state index is -0.761. The second-order valence-corrected chi connectivity index (χ2v) is 6.47. The van der Waals surface area contributed by atoms with Crippen LogP contribution in [0.2, 0.25) is 0 Å². The van der Waals surface area contributed by atoms with Gasteiger partial charge in [0.15, 0.2) is 0 Å². The lowest BCUT2D eigenvalue weighted by Gasteiger charge is -2.23. The molecule has 0 atom stereocenters. The van der Waals surface area contributed by atoms with Gasteiger partial charge in [0.25, 0.3) is 11.2 Å². The highest BCUT2D eigenvalue weighted by Crippen LogP contribution is 2.27. The molecule has 3 rings (SSSR count). The number of benzene rings is 2. The molecule has 0 unspecified atom stereocenters. The molecule has 0 amide bonds. The maximum Gasteiger partial charge on any atom is 0.344 e. The fraction of sp³-hybridized carbons (Fsp3) is 0.250. The largest absolute Gasteiger partial charge is 0.465 e. The maximum absolute atomic E-state index is 12.2. The van der Waals surface area contributed by atoms with Crippen LogP contribution in [0.4, 0.5) is 11.4 Å². The zero-order valence-electron chi connectivity index (χ0n) is 16.3. The molecule has 0 bridgehead atoms. The number of nitrogens with zero attached hydrogens (tertiary/aromatic N) is 3. The van der Waals surface area contributed by atoms with Crippen molar-refractivity contribution in [3.8, 4) is 0 Å². The van der Waals surface area contributed by atoms with Crippen LogP contribution in [-0.4, -0.2) is 34.5 Å². The van der Waals surface area contributed by atoms with Crippen molar-refractivity contribution in [2.75, 3.05) is 18.6 Å². The van der Waals surface area contributed by atoms with Crippen LogP contribution in [0.1, 0.15) is 28.7 Å². The smallest absolute Gasteiger partial charge is 0.344 e. The zero-order valence-corrected chi connectivity index (χ0v) is 16.3. The third-order valence-electron chi connectivity index (χ3n) is 4.59. The van der Waals surface area contributed by atoms with Crippen LogP contribution in [0.3, 0.4) is 0 Å². The quantitative estimate of drug-likeness (QED) is 0.386. The molecule has 150 valence electrons. The molecule has 0 fully saturated rings. The van der Waals surface area contributed by atoms with E-state index in [-0.39, 0.29) is 16.8 Å². The number of carbonyl (C=O) groups is 1. The summed E-state index contributed by atoms with van der Waals surface area (Å²) in [6.07, 6.45) is 0. The number of nitrogens with one attached hydrogen (secondary N) is 1. The van der Waals surface area contributed by atoms with Crippen LogP contribution in [-0.2, 0) is 11.3 Å². The Morgan fingerprint density at radius 3 is 2.69 bits per heavy atom. The van der Waals surface area contributed by atoms with Gasteiger partial charge in [-0.3, -0.25) is 14.9 Å². The third kappa shape index (κ3) is 4.08. The van der Waals surface area contributed by atoms with Crippen LogP contribution in [0, 0.1) is 17.0 Å². The molecule has 0 radical (unpaired) electrons. The Morgan fingerprint density at radius 1 is 1.28 bits per heavy atom. The van der Waals surface area contributed by atoms with E-state index in [1.54, 1.807) is 25.1 Å². The molecule has 1 heterocycles. The molecule has 0 saturated heterocycles. The number of anilines is 1. The average Bonchev–Trinajstić information content (AvgIpc) is 2.71. The number of fused-ring (bicyclic) bond motifs is 1. The van der Waals surface area contributed by atoms with Crippen molar-refractivity contribution < 1.29 is 14.5 Å². The Morgan fingerprint density at radius 2 is 2.03 bits per heavy atom. The third-order valence-corrected chi connectivity index (χ3v) is 4.59. The number of carbonyl (C=O) groups excluding carboxylic acids is 1. The number of nitro benzene ring substituents is 1. The number of hydrogen-bond acceptors (Lipinski definition) is 7. The number of H-pyrrole nitrogens is 1. The van der Waals surface area contributed by atoms with E-state index in [0.29, 0.717) is 35.5 Å². The van der Waals surface area contributed by atoms with Gasteiger partial charge in [-0.15, -0.1) is 0 Å². The van der Waals surface area contributed by atoms with Gasteiger partial charge in [-0.2, -0.15) is 0 Å². The summed E-state index contributed by atoms with van der Waals surface area (Å²) >= 11 is 0. The highest BCUT2D eigenvalue weighted by atomic mass is 16.6. The lowest BCUT2D eigenvalue weighted by Crippen LogP contribution is -2.22. The van der Waals surface area contributed by atoms with Crippen LogP contribution < -0.4 is 10.5 Å². The first-order valence-corrected chi connectivity index (χ1v) is 8.95. The first kappa shape index (κ1) is 20.0. The molecule has 1 aromatic heterocycles. The summed E-state index contributed by atoms with van der Waals surface area (Å²) in [7, 11) is 1.18. The Hall–Kier alpha value is -3.75. The van der Waals surface area contributed by atoms with Gasteiger partial charge in [0, 0.05) is 24.8 Å². The topological polar surface area (TPSA) is 118 Å². The number of methoxy groups -OCH3 is 1. The number of aryl methyl sites for hydroxylation is 1. The fourth-order valence-corrected chi connectivity index (χ4v) is 3.16. The molecule has 1 N–H and O–H groups in total. The van der Waals surface area contributed by atoms with E-state index in [2.05, 4.69) is 14.7 Å². The zero-order chi connectivity index (χ0) is 21.1. The Bertz CT molecular complexity index is 1160. The second kappa shape index (κ2) is 8.09. The lowest BCUT2D eigenvalue weighted by atomic mass is 10.1. The number of hydrogen-bond donors (Lipinski definition) is 1. The molecule has 0 aliphatic rings.